The van der Waals surface area contributed by atoms with Crippen LogP contribution >= 0.6 is 22.9 Å². The zero-order valence-corrected chi connectivity index (χ0v) is 12.7. The third-order valence-electron chi connectivity index (χ3n) is 3.15. The molecule has 4 heteroatoms. The first-order valence-corrected chi connectivity index (χ1v) is 7.80. The SMILES string of the molecule is Fc1cc(Cl)ccc1NCc1cc(-c2ccccc2)cs1. The van der Waals surface area contributed by atoms with Crippen LogP contribution in [-0.4, -0.2) is 0 Å². The van der Waals surface area contributed by atoms with E-state index in [1.54, 1.807) is 23.5 Å². The van der Waals surface area contributed by atoms with E-state index in [1.165, 1.54) is 17.2 Å². The highest BCUT2D eigenvalue weighted by atomic mass is 35.5. The number of halogens is 2. The van der Waals surface area contributed by atoms with Gasteiger partial charge in [-0.05, 0) is 40.8 Å². The van der Waals surface area contributed by atoms with Crippen LogP contribution in [-0.2, 0) is 6.54 Å². The van der Waals surface area contributed by atoms with Crippen molar-refractivity contribution in [1.82, 2.24) is 0 Å². The summed E-state index contributed by atoms with van der Waals surface area (Å²) < 4.78 is 13.7. The molecule has 3 rings (SSSR count). The van der Waals surface area contributed by atoms with Crippen LogP contribution in [0, 0.1) is 5.82 Å². The molecule has 0 radical (unpaired) electrons. The van der Waals surface area contributed by atoms with Gasteiger partial charge in [-0.25, -0.2) is 4.39 Å². The summed E-state index contributed by atoms with van der Waals surface area (Å²) in [5.74, 6) is -0.331. The van der Waals surface area contributed by atoms with Crippen LogP contribution in [0.5, 0.6) is 0 Å². The van der Waals surface area contributed by atoms with E-state index in [9.17, 15) is 4.39 Å². The van der Waals surface area contributed by atoms with E-state index in [-0.39, 0.29) is 5.82 Å². The van der Waals surface area contributed by atoms with Crippen molar-refractivity contribution >= 4 is 28.6 Å². The third-order valence-corrected chi connectivity index (χ3v) is 4.32. The van der Waals surface area contributed by atoms with E-state index >= 15 is 0 Å². The fourth-order valence-corrected chi connectivity index (χ4v) is 3.06. The van der Waals surface area contributed by atoms with Gasteiger partial charge in [0.05, 0.1) is 5.69 Å². The van der Waals surface area contributed by atoms with Crippen molar-refractivity contribution in [3.05, 3.63) is 75.7 Å². The minimum Gasteiger partial charge on any atom is -0.378 e. The summed E-state index contributed by atoms with van der Waals surface area (Å²) in [7, 11) is 0. The monoisotopic (exact) mass is 317 g/mol. The van der Waals surface area contributed by atoms with E-state index in [4.69, 9.17) is 11.6 Å². The molecule has 0 fully saturated rings. The average Bonchev–Trinajstić information content (AvgIpc) is 2.96. The number of rotatable bonds is 4. The minimum absolute atomic E-state index is 0.331. The zero-order valence-electron chi connectivity index (χ0n) is 11.1. The van der Waals surface area contributed by atoms with Crippen molar-refractivity contribution in [3.63, 3.8) is 0 Å². The van der Waals surface area contributed by atoms with Gasteiger partial charge < -0.3 is 5.32 Å². The van der Waals surface area contributed by atoms with Crippen LogP contribution in [0.15, 0.2) is 60.0 Å². The summed E-state index contributed by atoms with van der Waals surface area (Å²) in [6, 6.07) is 17.0. The van der Waals surface area contributed by atoms with E-state index in [0.29, 0.717) is 17.3 Å². The molecule has 0 bridgehead atoms. The molecular formula is C17H13ClFNS. The number of benzene rings is 2. The Kier molecular flexibility index (Phi) is 4.23. The third kappa shape index (κ3) is 3.43. The molecule has 2 aromatic carbocycles. The maximum absolute atomic E-state index is 13.7. The molecule has 0 aliphatic rings. The molecule has 0 aliphatic carbocycles. The molecule has 1 heterocycles. The molecule has 1 N–H and O–H groups in total. The predicted molar refractivity (Wildman–Crippen MR) is 88.5 cm³/mol. The number of thiophene rings is 1. The van der Waals surface area contributed by atoms with E-state index in [2.05, 4.69) is 28.9 Å². The van der Waals surface area contributed by atoms with Gasteiger partial charge >= 0.3 is 0 Å². The fourth-order valence-electron chi connectivity index (χ4n) is 2.07. The molecule has 1 nitrogen and oxygen atoms in total. The average molecular weight is 318 g/mol. The Hall–Kier alpha value is -1.84. The first-order chi connectivity index (χ1) is 10.2. The Morgan fingerprint density at radius 1 is 1.00 bits per heavy atom. The van der Waals surface area contributed by atoms with Gasteiger partial charge in [-0.2, -0.15) is 0 Å². The second-order valence-electron chi connectivity index (χ2n) is 4.65. The number of nitrogens with one attached hydrogen (secondary N) is 1. The van der Waals surface area contributed by atoms with Crippen molar-refractivity contribution in [2.45, 2.75) is 6.54 Å². The van der Waals surface area contributed by atoms with E-state index in [1.807, 2.05) is 18.2 Å². The van der Waals surface area contributed by atoms with Crippen molar-refractivity contribution in [1.29, 1.82) is 0 Å². The fraction of sp³-hybridized carbons (Fsp3) is 0.0588. The molecule has 0 saturated heterocycles. The summed E-state index contributed by atoms with van der Waals surface area (Å²) in [5, 5.41) is 5.62. The van der Waals surface area contributed by atoms with Gasteiger partial charge in [0.1, 0.15) is 5.82 Å². The summed E-state index contributed by atoms with van der Waals surface area (Å²) in [6.45, 7) is 0.593. The highest BCUT2D eigenvalue weighted by molar-refractivity contribution is 7.10. The predicted octanol–water partition coefficient (Wildman–Crippen LogP) is 5.82. The van der Waals surface area contributed by atoms with Crippen LogP contribution in [0.1, 0.15) is 4.88 Å². The molecule has 0 aliphatic heterocycles. The molecule has 0 atom stereocenters. The largest absolute Gasteiger partial charge is 0.378 e. The van der Waals surface area contributed by atoms with Gasteiger partial charge in [0.25, 0.3) is 0 Å². The Balaban J connectivity index is 1.70. The first-order valence-electron chi connectivity index (χ1n) is 6.54. The lowest BCUT2D eigenvalue weighted by atomic mass is 10.1. The molecule has 0 spiro atoms. The highest BCUT2D eigenvalue weighted by Gasteiger charge is 2.05. The second-order valence-corrected chi connectivity index (χ2v) is 6.08. The van der Waals surface area contributed by atoms with Crippen LogP contribution < -0.4 is 5.32 Å². The Bertz CT molecular complexity index is 740. The molecule has 21 heavy (non-hydrogen) atoms. The van der Waals surface area contributed by atoms with Gasteiger partial charge in [0.2, 0.25) is 0 Å². The van der Waals surface area contributed by atoms with Crippen LogP contribution in [0.2, 0.25) is 5.02 Å². The Morgan fingerprint density at radius 2 is 1.81 bits per heavy atom. The standard InChI is InChI=1S/C17H13ClFNS/c18-14-6-7-17(16(19)9-14)20-10-15-8-13(11-21-15)12-4-2-1-3-5-12/h1-9,11,20H,10H2. The van der Waals surface area contributed by atoms with Crippen LogP contribution in [0.3, 0.4) is 0 Å². The molecular weight excluding hydrogens is 305 g/mol. The lowest BCUT2D eigenvalue weighted by Crippen LogP contribution is -1.99. The van der Waals surface area contributed by atoms with Gasteiger partial charge in [-0.1, -0.05) is 41.9 Å². The summed E-state index contributed by atoms with van der Waals surface area (Å²) in [6.07, 6.45) is 0. The van der Waals surface area contributed by atoms with Gasteiger partial charge in [-0.15, -0.1) is 11.3 Å². The Morgan fingerprint density at radius 3 is 2.57 bits per heavy atom. The maximum atomic E-state index is 13.7. The minimum atomic E-state index is -0.331. The first kappa shape index (κ1) is 14.1. The second kappa shape index (κ2) is 6.29. The summed E-state index contributed by atoms with van der Waals surface area (Å²) >= 11 is 7.40. The lowest BCUT2D eigenvalue weighted by molar-refractivity contribution is 0.630. The highest BCUT2D eigenvalue weighted by Crippen LogP contribution is 2.26. The van der Waals surface area contributed by atoms with Gasteiger partial charge in [-0.3, -0.25) is 0 Å². The normalized spacial score (nSPS) is 10.6. The number of hydrogen-bond donors (Lipinski definition) is 1. The number of anilines is 1. The number of hydrogen-bond acceptors (Lipinski definition) is 2. The van der Waals surface area contributed by atoms with Crippen molar-refractivity contribution < 1.29 is 4.39 Å². The van der Waals surface area contributed by atoms with Crippen molar-refractivity contribution in [3.8, 4) is 11.1 Å². The molecule has 1 aromatic heterocycles. The molecule has 0 unspecified atom stereocenters. The molecule has 106 valence electrons. The summed E-state index contributed by atoms with van der Waals surface area (Å²) in [5.41, 5.74) is 2.85. The molecule has 3 aromatic rings. The summed E-state index contributed by atoms with van der Waals surface area (Å²) in [4.78, 5) is 1.16. The maximum Gasteiger partial charge on any atom is 0.147 e. The molecule has 0 saturated carbocycles. The smallest absolute Gasteiger partial charge is 0.147 e. The van der Waals surface area contributed by atoms with E-state index in [0.717, 1.165) is 4.88 Å². The van der Waals surface area contributed by atoms with Gasteiger partial charge in [0, 0.05) is 16.4 Å². The van der Waals surface area contributed by atoms with Crippen molar-refractivity contribution in [2.24, 2.45) is 0 Å². The topological polar surface area (TPSA) is 12.0 Å². The Labute approximate surface area is 132 Å². The van der Waals surface area contributed by atoms with Crippen LogP contribution in [0.25, 0.3) is 11.1 Å². The lowest BCUT2D eigenvalue weighted by Gasteiger charge is -2.06. The molecule has 0 amide bonds. The van der Waals surface area contributed by atoms with E-state index < -0.39 is 0 Å². The quantitative estimate of drug-likeness (QED) is 0.639. The zero-order chi connectivity index (χ0) is 14.7. The van der Waals surface area contributed by atoms with Crippen molar-refractivity contribution in [2.75, 3.05) is 5.32 Å². The van der Waals surface area contributed by atoms with Crippen LogP contribution in [0.4, 0.5) is 10.1 Å². The van der Waals surface area contributed by atoms with Gasteiger partial charge in [0.15, 0.2) is 0 Å².